The van der Waals surface area contributed by atoms with Gasteiger partial charge in [-0.25, -0.2) is 9.37 Å². The summed E-state index contributed by atoms with van der Waals surface area (Å²) in [6.45, 7) is 3.57. The van der Waals surface area contributed by atoms with Crippen LogP contribution in [-0.2, 0) is 4.79 Å². The molecule has 5 nitrogen and oxygen atoms in total. The van der Waals surface area contributed by atoms with Gasteiger partial charge in [0.2, 0.25) is 5.91 Å². The van der Waals surface area contributed by atoms with E-state index in [1.807, 2.05) is 19.1 Å². The Kier molecular flexibility index (Phi) is 4.66. The first-order chi connectivity index (χ1) is 13.0. The van der Waals surface area contributed by atoms with Gasteiger partial charge in [0.1, 0.15) is 11.6 Å². The highest BCUT2D eigenvalue weighted by Crippen LogP contribution is 2.31. The molecule has 6 heteroatoms. The number of aromatic nitrogens is 1. The second-order valence-corrected chi connectivity index (χ2v) is 7.29. The third-order valence-corrected chi connectivity index (χ3v) is 5.40. The lowest BCUT2D eigenvalue weighted by atomic mass is 9.84. The molecule has 2 heterocycles. The van der Waals surface area contributed by atoms with Crippen molar-refractivity contribution < 1.29 is 9.18 Å². The highest BCUT2D eigenvalue weighted by atomic mass is 19.1. The molecule has 1 aliphatic carbocycles. The molecule has 1 amide bonds. The molecule has 0 saturated carbocycles. The summed E-state index contributed by atoms with van der Waals surface area (Å²) in [6.07, 6.45) is 5.00. The molecule has 0 radical (unpaired) electrons. The first-order valence-corrected chi connectivity index (χ1v) is 9.26. The van der Waals surface area contributed by atoms with Gasteiger partial charge in [-0.15, -0.1) is 0 Å². The number of nitrogens with zero attached hydrogens (tertiary/aromatic N) is 1. The highest BCUT2D eigenvalue weighted by molar-refractivity contribution is 6.14. The Balaban J connectivity index is 1.79. The number of pyridine rings is 1. The molecule has 1 aromatic carbocycles. The van der Waals surface area contributed by atoms with Crippen LogP contribution in [0.4, 0.5) is 10.2 Å². The van der Waals surface area contributed by atoms with Gasteiger partial charge in [-0.1, -0.05) is 18.2 Å². The number of benzene rings is 1. The van der Waals surface area contributed by atoms with Crippen LogP contribution in [-0.4, -0.2) is 30.0 Å². The number of anilines is 1. The topological polar surface area (TPSA) is 80.0 Å². The summed E-state index contributed by atoms with van der Waals surface area (Å²) >= 11 is 0. The van der Waals surface area contributed by atoms with Crippen molar-refractivity contribution in [2.24, 2.45) is 0 Å². The predicted molar refractivity (Wildman–Crippen MR) is 104 cm³/mol. The molecular weight excluding hydrogens is 343 g/mol. The summed E-state index contributed by atoms with van der Waals surface area (Å²) < 4.78 is 14.6. The van der Waals surface area contributed by atoms with E-state index in [0.29, 0.717) is 23.4 Å². The molecule has 0 bridgehead atoms. The van der Waals surface area contributed by atoms with Crippen LogP contribution >= 0.6 is 0 Å². The van der Waals surface area contributed by atoms with Crippen LogP contribution < -0.4 is 26.8 Å². The van der Waals surface area contributed by atoms with Crippen molar-refractivity contribution in [3.63, 3.8) is 0 Å². The summed E-state index contributed by atoms with van der Waals surface area (Å²) in [7, 11) is 0. The Bertz CT molecular complexity index is 991. The first kappa shape index (κ1) is 17.7. The van der Waals surface area contributed by atoms with E-state index in [4.69, 9.17) is 5.73 Å². The van der Waals surface area contributed by atoms with E-state index in [1.165, 1.54) is 6.07 Å². The zero-order valence-electron chi connectivity index (χ0n) is 15.3. The van der Waals surface area contributed by atoms with Crippen molar-refractivity contribution in [1.82, 2.24) is 15.6 Å². The summed E-state index contributed by atoms with van der Waals surface area (Å²) in [5, 5.41) is 7.96. The fourth-order valence-electron chi connectivity index (χ4n) is 4.05. The lowest BCUT2D eigenvalue weighted by Crippen LogP contribution is -2.42. The monoisotopic (exact) mass is 366 g/mol. The quantitative estimate of drug-likeness (QED) is 0.747. The maximum atomic E-state index is 14.6. The maximum Gasteiger partial charge on any atom is 0.248 e. The average molecular weight is 366 g/mol. The van der Waals surface area contributed by atoms with E-state index in [1.54, 1.807) is 18.3 Å². The average Bonchev–Trinajstić information content (AvgIpc) is 3.14. The Labute approximate surface area is 157 Å². The molecule has 140 valence electrons. The number of nitrogen functional groups attached to an aromatic ring is 1. The number of hydrogen-bond acceptors (Lipinski definition) is 4. The van der Waals surface area contributed by atoms with Crippen LogP contribution in [0.2, 0.25) is 0 Å². The molecule has 1 aliphatic heterocycles. The minimum atomic E-state index is -0.247. The van der Waals surface area contributed by atoms with Gasteiger partial charge in [0.25, 0.3) is 0 Å². The number of halogens is 1. The van der Waals surface area contributed by atoms with Crippen molar-refractivity contribution >= 4 is 23.4 Å². The normalized spacial score (nSPS) is 21.5. The Morgan fingerprint density at radius 1 is 1.41 bits per heavy atom. The number of nitrogens with one attached hydrogen (secondary N) is 2. The summed E-state index contributed by atoms with van der Waals surface area (Å²) in [6, 6.07) is 6.92. The number of carbonyl (C=O) groups is 1. The molecule has 4 N–H and O–H groups in total. The number of rotatable bonds is 3. The number of hydrogen-bond donors (Lipinski definition) is 3. The predicted octanol–water partition coefficient (Wildman–Crippen LogP) is 0.708. The molecule has 2 unspecified atom stereocenters. The second kappa shape index (κ2) is 7.12. The third-order valence-electron chi connectivity index (χ3n) is 5.40. The lowest BCUT2D eigenvalue weighted by molar-refractivity contribution is -0.116. The van der Waals surface area contributed by atoms with Gasteiger partial charge < -0.3 is 16.4 Å². The standard InChI is InChI=1S/C21H23FN4O/c1-12-3-2-4-18(22)20(12)13-7-14-10-25-19(23)9-16(14)17(8-13)21(27)26-15-5-6-24-11-15/h2-4,7,9-10,13,15,24H,5-6,8,11,23H2,1H3,(H,26,27). The van der Waals surface area contributed by atoms with Crippen molar-refractivity contribution in [3.05, 3.63) is 57.8 Å². The van der Waals surface area contributed by atoms with Gasteiger partial charge in [0, 0.05) is 30.3 Å². The largest absolute Gasteiger partial charge is 0.384 e. The van der Waals surface area contributed by atoms with Gasteiger partial charge in [-0.3, -0.25) is 4.79 Å². The maximum absolute atomic E-state index is 14.6. The molecule has 2 aromatic rings. The van der Waals surface area contributed by atoms with Crippen molar-refractivity contribution in [2.45, 2.75) is 31.7 Å². The van der Waals surface area contributed by atoms with Crippen LogP contribution in [0.1, 0.15) is 29.9 Å². The summed E-state index contributed by atoms with van der Waals surface area (Å²) in [5.74, 6) is -0.201. The molecule has 2 atom stereocenters. The van der Waals surface area contributed by atoms with E-state index in [-0.39, 0.29) is 23.7 Å². The Morgan fingerprint density at radius 3 is 3.00 bits per heavy atom. The zero-order valence-corrected chi connectivity index (χ0v) is 15.3. The number of nitrogens with two attached hydrogens (primary N) is 1. The van der Waals surface area contributed by atoms with Crippen molar-refractivity contribution in [3.8, 4) is 0 Å². The van der Waals surface area contributed by atoms with E-state index in [0.717, 1.165) is 35.5 Å². The van der Waals surface area contributed by atoms with E-state index >= 15 is 0 Å². The number of carbonyl (C=O) groups excluding carboxylic acids is 1. The smallest absolute Gasteiger partial charge is 0.248 e. The van der Waals surface area contributed by atoms with Gasteiger partial charge in [0.05, 0.1) is 0 Å². The van der Waals surface area contributed by atoms with Crippen LogP contribution in [0, 0.1) is 12.7 Å². The summed E-state index contributed by atoms with van der Waals surface area (Å²) in [5.41, 5.74) is 8.01. The van der Waals surface area contributed by atoms with Crippen molar-refractivity contribution in [1.29, 1.82) is 0 Å². The van der Waals surface area contributed by atoms with Gasteiger partial charge in [0.15, 0.2) is 0 Å². The Hall–Kier alpha value is -2.73. The lowest BCUT2D eigenvalue weighted by Gasteiger charge is -2.23. The van der Waals surface area contributed by atoms with E-state index < -0.39 is 0 Å². The minimum absolute atomic E-state index is 0.109. The van der Waals surface area contributed by atoms with Crippen LogP contribution in [0.15, 0.2) is 30.5 Å². The molecule has 1 aromatic heterocycles. The fraction of sp³-hybridized carbons (Fsp3) is 0.333. The van der Waals surface area contributed by atoms with Gasteiger partial charge in [-0.2, -0.15) is 0 Å². The summed E-state index contributed by atoms with van der Waals surface area (Å²) in [4.78, 5) is 17.2. The molecule has 4 rings (SSSR count). The van der Waals surface area contributed by atoms with Crippen molar-refractivity contribution in [2.75, 3.05) is 18.8 Å². The highest BCUT2D eigenvalue weighted by Gasteiger charge is 2.26. The van der Waals surface area contributed by atoms with Crippen LogP contribution in [0.5, 0.6) is 0 Å². The molecular formula is C21H23FN4O. The van der Waals surface area contributed by atoms with E-state index in [2.05, 4.69) is 15.6 Å². The third kappa shape index (κ3) is 3.45. The fourth-order valence-corrected chi connectivity index (χ4v) is 4.05. The van der Waals surface area contributed by atoms with Gasteiger partial charge >= 0.3 is 0 Å². The van der Waals surface area contributed by atoms with Crippen LogP contribution in [0.25, 0.3) is 11.6 Å². The first-order valence-electron chi connectivity index (χ1n) is 9.26. The molecule has 0 spiro atoms. The molecule has 1 saturated heterocycles. The van der Waals surface area contributed by atoms with Gasteiger partial charge in [-0.05, 0) is 60.0 Å². The minimum Gasteiger partial charge on any atom is -0.384 e. The van der Waals surface area contributed by atoms with Crippen LogP contribution in [0.3, 0.4) is 0 Å². The number of fused-ring (bicyclic) bond motifs is 1. The van der Waals surface area contributed by atoms with E-state index in [9.17, 15) is 9.18 Å². The Morgan fingerprint density at radius 2 is 2.26 bits per heavy atom. The molecule has 2 aliphatic rings. The molecule has 1 fully saturated rings. The number of aryl methyl sites for hydroxylation is 1. The second-order valence-electron chi connectivity index (χ2n) is 7.29. The molecule has 27 heavy (non-hydrogen) atoms. The number of amides is 1. The SMILES string of the molecule is Cc1cccc(F)c1C1C=c2cnc(N)cc2=C(C(=O)NC2CCNC2)C1. The zero-order chi connectivity index (χ0) is 19.0.